The van der Waals surface area contributed by atoms with Gasteiger partial charge in [-0.2, -0.15) is 0 Å². The van der Waals surface area contributed by atoms with Gasteiger partial charge in [-0.05, 0) is 17.7 Å². The molecule has 0 fully saturated rings. The summed E-state index contributed by atoms with van der Waals surface area (Å²) >= 11 is 0. The van der Waals surface area contributed by atoms with Gasteiger partial charge < -0.3 is 9.84 Å². The Morgan fingerprint density at radius 3 is 2.53 bits per heavy atom. The first kappa shape index (κ1) is 11.6. The number of nitrogens with zero attached hydrogens (tertiary/aromatic N) is 1. The number of aromatic nitrogens is 1. The molecule has 17 heavy (non-hydrogen) atoms. The molecule has 1 aromatic carbocycles. The monoisotopic (exact) mass is 229 g/mol. The normalized spacial score (nSPS) is 12.1. The summed E-state index contributed by atoms with van der Waals surface area (Å²) < 4.78 is 5.03. The van der Waals surface area contributed by atoms with Gasteiger partial charge in [0.2, 0.25) is 0 Å². The topological polar surface area (TPSA) is 42.4 Å². The lowest BCUT2D eigenvalue weighted by molar-refractivity contribution is 0.177. The van der Waals surface area contributed by atoms with Gasteiger partial charge in [-0.1, -0.05) is 30.3 Å². The van der Waals surface area contributed by atoms with Gasteiger partial charge in [-0.3, -0.25) is 4.98 Å². The SMILES string of the molecule is COc1ccc(CC(O)c2ccccc2)nc1. The zero-order chi connectivity index (χ0) is 12.1. The van der Waals surface area contributed by atoms with E-state index in [-0.39, 0.29) is 0 Å². The lowest BCUT2D eigenvalue weighted by atomic mass is 10.0. The van der Waals surface area contributed by atoms with E-state index in [9.17, 15) is 5.11 Å². The highest BCUT2D eigenvalue weighted by atomic mass is 16.5. The number of ether oxygens (including phenoxy) is 1. The van der Waals surface area contributed by atoms with Crippen LogP contribution in [-0.4, -0.2) is 17.2 Å². The van der Waals surface area contributed by atoms with Crippen molar-refractivity contribution >= 4 is 0 Å². The molecule has 1 N–H and O–H groups in total. The van der Waals surface area contributed by atoms with Crippen LogP contribution in [0.3, 0.4) is 0 Å². The summed E-state index contributed by atoms with van der Waals surface area (Å²) in [5.74, 6) is 0.725. The number of aliphatic hydroxyl groups excluding tert-OH is 1. The molecule has 2 aromatic rings. The highest BCUT2D eigenvalue weighted by molar-refractivity contribution is 5.22. The molecule has 0 aliphatic rings. The van der Waals surface area contributed by atoms with Crippen LogP contribution >= 0.6 is 0 Å². The summed E-state index contributed by atoms with van der Waals surface area (Å²) in [6.07, 6.45) is 1.65. The van der Waals surface area contributed by atoms with Crippen molar-refractivity contribution in [1.29, 1.82) is 0 Å². The van der Waals surface area contributed by atoms with Crippen molar-refractivity contribution in [1.82, 2.24) is 4.98 Å². The van der Waals surface area contributed by atoms with Crippen LogP contribution in [0.25, 0.3) is 0 Å². The first-order chi connectivity index (χ1) is 8.29. The molecule has 0 saturated heterocycles. The molecule has 2 rings (SSSR count). The summed E-state index contributed by atoms with van der Waals surface area (Å²) in [5.41, 5.74) is 1.76. The molecule has 0 amide bonds. The van der Waals surface area contributed by atoms with E-state index in [1.54, 1.807) is 13.3 Å². The van der Waals surface area contributed by atoms with E-state index in [0.29, 0.717) is 6.42 Å². The standard InChI is InChI=1S/C14H15NO2/c1-17-13-8-7-12(15-10-13)9-14(16)11-5-3-2-4-6-11/h2-8,10,14,16H,9H2,1H3. The Labute approximate surface area is 101 Å². The van der Waals surface area contributed by atoms with Crippen molar-refractivity contribution in [3.63, 3.8) is 0 Å². The maximum Gasteiger partial charge on any atom is 0.137 e. The smallest absolute Gasteiger partial charge is 0.137 e. The fourth-order valence-corrected chi connectivity index (χ4v) is 1.64. The number of hydrogen-bond donors (Lipinski definition) is 1. The molecule has 88 valence electrons. The van der Waals surface area contributed by atoms with E-state index in [1.807, 2.05) is 42.5 Å². The van der Waals surface area contributed by atoms with Gasteiger partial charge in [0, 0.05) is 12.1 Å². The predicted molar refractivity (Wildman–Crippen MR) is 65.9 cm³/mol. The third kappa shape index (κ3) is 3.04. The predicted octanol–water partition coefficient (Wildman–Crippen LogP) is 2.37. The first-order valence-corrected chi connectivity index (χ1v) is 5.51. The second kappa shape index (κ2) is 5.46. The van der Waals surface area contributed by atoms with E-state index >= 15 is 0 Å². The molecule has 1 aromatic heterocycles. The fraction of sp³-hybridized carbons (Fsp3) is 0.214. The van der Waals surface area contributed by atoms with Crippen LogP contribution in [0.5, 0.6) is 5.75 Å². The second-order valence-electron chi connectivity index (χ2n) is 3.82. The molecule has 0 spiro atoms. The molecular formula is C14H15NO2. The molecule has 1 atom stereocenters. The Balaban J connectivity index is 2.05. The summed E-state index contributed by atoms with van der Waals surface area (Å²) in [6, 6.07) is 13.3. The Bertz CT molecular complexity index is 453. The second-order valence-corrected chi connectivity index (χ2v) is 3.82. The van der Waals surface area contributed by atoms with Gasteiger partial charge >= 0.3 is 0 Å². The Hall–Kier alpha value is -1.87. The van der Waals surface area contributed by atoms with Crippen molar-refractivity contribution < 1.29 is 9.84 Å². The van der Waals surface area contributed by atoms with Crippen LogP contribution in [0.1, 0.15) is 17.4 Å². The van der Waals surface area contributed by atoms with Crippen molar-refractivity contribution in [3.05, 3.63) is 59.9 Å². The number of rotatable bonds is 4. The van der Waals surface area contributed by atoms with Gasteiger partial charge in [0.05, 0.1) is 19.4 Å². The van der Waals surface area contributed by atoms with Crippen molar-refractivity contribution in [3.8, 4) is 5.75 Å². The third-order valence-electron chi connectivity index (χ3n) is 2.62. The van der Waals surface area contributed by atoms with Crippen LogP contribution in [0.15, 0.2) is 48.7 Å². The minimum absolute atomic E-state index is 0.508. The average Bonchev–Trinajstić information content (AvgIpc) is 2.40. The number of benzene rings is 1. The van der Waals surface area contributed by atoms with Crippen molar-refractivity contribution in [2.24, 2.45) is 0 Å². The van der Waals surface area contributed by atoms with Gasteiger partial charge in [0.15, 0.2) is 0 Å². The van der Waals surface area contributed by atoms with Gasteiger partial charge in [0.25, 0.3) is 0 Å². The van der Waals surface area contributed by atoms with Crippen LogP contribution in [0.2, 0.25) is 0 Å². The Kier molecular flexibility index (Phi) is 3.73. The van der Waals surface area contributed by atoms with E-state index < -0.39 is 6.10 Å². The van der Waals surface area contributed by atoms with E-state index in [0.717, 1.165) is 17.0 Å². The minimum atomic E-state index is -0.517. The average molecular weight is 229 g/mol. The zero-order valence-corrected chi connectivity index (χ0v) is 9.71. The number of aliphatic hydroxyl groups is 1. The number of methoxy groups -OCH3 is 1. The van der Waals surface area contributed by atoms with Crippen LogP contribution in [0, 0.1) is 0 Å². The summed E-state index contributed by atoms with van der Waals surface area (Å²) in [4.78, 5) is 4.23. The number of hydrogen-bond acceptors (Lipinski definition) is 3. The quantitative estimate of drug-likeness (QED) is 0.875. The summed E-state index contributed by atoms with van der Waals surface area (Å²) in [7, 11) is 1.61. The first-order valence-electron chi connectivity index (χ1n) is 5.51. The highest BCUT2D eigenvalue weighted by Crippen LogP contribution is 2.17. The maximum atomic E-state index is 10.0. The molecule has 0 saturated carbocycles. The minimum Gasteiger partial charge on any atom is -0.495 e. The van der Waals surface area contributed by atoms with Crippen molar-refractivity contribution in [2.75, 3.05) is 7.11 Å². The van der Waals surface area contributed by atoms with Gasteiger partial charge in [-0.15, -0.1) is 0 Å². The zero-order valence-electron chi connectivity index (χ0n) is 9.71. The molecule has 1 heterocycles. The van der Waals surface area contributed by atoms with E-state index in [2.05, 4.69) is 4.98 Å². The highest BCUT2D eigenvalue weighted by Gasteiger charge is 2.08. The summed E-state index contributed by atoms with van der Waals surface area (Å²) in [5, 5.41) is 10.0. The molecule has 0 aliphatic carbocycles. The molecule has 0 bridgehead atoms. The van der Waals surface area contributed by atoms with Gasteiger partial charge in [-0.25, -0.2) is 0 Å². The van der Waals surface area contributed by atoms with Crippen LogP contribution < -0.4 is 4.74 Å². The Morgan fingerprint density at radius 1 is 1.18 bits per heavy atom. The third-order valence-corrected chi connectivity index (χ3v) is 2.62. The van der Waals surface area contributed by atoms with Crippen LogP contribution in [-0.2, 0) is 6.42 Å². The lowest BCUT2D eigenvalue weighted by Gasteiger charge is -2.10. The fourth-order valence-electron chi connectivity index (χ4n) is 1.64. The lowest BCUT2D eigenvalue weighted by Crippen LogP contribution is -2.03. The number of pyridine rings is 1. The molecule has 0 aliphatic heterocycles. The van der Waals surface area contributed by atoms with Crippen LogP contribution in [0.4, 0.5) is 0 Å². The van der Waals surface area contributed by atoms with Gasteiger partial charge in [0.1, 0.15) is 5.75 Å². The Morgan fingerprint density at radius 2 is 1.94 bits per heavy atom. The molecule has 1 unspecified atom stereocenters. The van der Waals surface area contributed by atoms with Crippen molar-refractivity contribution in [2.45, 2.75) is 12.5 Å². The van der Waals surface area contributed by atoms with E-state index in [1.165, 1.54) is 0 Å². The molecule has 3 nitrogen and oxygen atoms in total. The molecule has 0 radical (unpaired) electrons. The largest absolute Gasteiger partial charge is 0.495 e. The summed E-state index contributed by atoms with van der Waals surface area (Å²) in [6.45, 7) is 0. The van der Waals surface area contributed by atoms with E-state index in [4.69, 9.17) is 4.74 Å². The maximum absolute atomic E-state index is 10.0. The molecule has 3 heteroatoms. The molecular weight excluding hydrogens is 214 g/mol.